The molecule has 1 aliphatic rings. The molecular formula is C29H33N5O. The number of hydrogen-bond donors (Lipinski definition) is 1. The van der Waals surface area contributed by atoms with Gasteiger partial charge in [-0.15, -0.1) is 0 Å². The van der Waals surface area contributed by atoms with Crippen molar-refractivity contribution in [1.29, 1.82) is 0 Å². The summed E-state index contributed by atoms with van der Waals surface area (Å²) in [6.45, 7) is 9.30. The molecule has 35 heavy (non-hydrogen) atoms. The number of carbonyl (C=O) groups is 1. The van der Waals surface area contributed by atoms with E-state index in [-0.39, 0.29) is 5.91 Å². The standard InChI is InChI=1S/C29H33N5O/c1-21-8-11-24(12-9-21)34-18-16-33(17-19-34)15-14-28-31-26-20-23(10-13-27(26)32(28)3)30-29(35)25-7-5-4-6-22(25)2/h4-13,20H,14-19H2,1-3H3,(H,30,35). The lowest BCUT2D eigenvalue weighted by Crippen LogP contribution is -2.47. The van der Waals surface area contributed by atoms with Crippen LogP contribution in [0.25, 0.3) is 11.0 Å². The summed E-state index contributed by atoms with van der Waals surface area (Å²) in [5.74, 6) is 0.978. The topological polar surface area (TPSA) is 53.4 Å². The van der Waals surface area contributed by atoms with Crippen LogP contribution in [-0.4, -0.2) is 53.1 Å². The van der Waals surface area contributed by atoms with Gasteiger partial charge in [0.1, 0.15) is 5.82 Å². The van der Waals surface area contributed by atoms with Gasteiger partial charge in [-0.05, 0) is 55.8 Å². The zero-order chi connectivity index (χ0) is 24.4. The summed E-state index contributed by atoms with van der Waals surface area (Å²) in [6.07, 6.45) is 0.903. The first kappa shape index (κ1) is 23.1. The second kappa shape index (κ2) is 9.92. The molecule has 180 valence electrons. The minimum absolute atomic E-state index is 0.0941. The summed E-state index contributed by atoms with van der Waals surface area (Å²) < 4.78 is 2.17. The maximum atomic E-state index is 12.7. The number of carbonyl (C=O) groups excluding carboxylic acids is 1. The van der Waals surface area contributed by atoms with Gasteiger partial charge in [0.05, 0.1) is 11.0 Å². The lowest BCUT2D eigenvalue weighted by molar-refractivity contribution is 0.102. The largest absolute Gasteiger partial charge is 0.369 e. The maximum absolute atomic E-state index is 12.7. The van der Waals surface area contributed by atoms with Crippen LogP contribution in [0, 0.1) is 13.8 Å². The van der Waals surface area contributed by atoms with Crippen LogP contribution < -0.4 is 10.2 Å². The maximum Gasteiger partial charge on any atom is 0.255 e. The molecule has 0 unspecified atom stereocenters. The van der Waals surface area contributed by atoms with Crippen LogP contribution in [0.2, 0.25) is 0 Å². The van der Waals surface area contributed by atoms with Crippen LogP contribution in [0.4, 0.5) is 11.4 Å². The van der Waals surface area contributed by atoms with Crippen molar-refractivity contribution in [1.82, 2.24) is 14.5 Å². The predicted octanol–water partition coefficient (Wildman–Crippen LogP) is 4.81. The Bertz CT molecular complexity index is 1330. The Labute approximate surface area is 207 Å². The number of piperazine rings is 1. The molecule has 0 atom stereocenters. The van der Waals surface area contributed by atoms with Gasteiger partial charge in [-0.1, -0.05) is 35.9 Å². The van der Waals surface area contributed by atoms with Crippen molar-refractivity contribution in [3.63, 3.8) is 0 Å². The molecule has 1 aromatic heterocycles. The lowest BCUT2D eigenvalue weighted by atomic mass is 10.1. The Hall–Kier alpha value is -3.64. The number of benzene rings is 3. The molecule has 2 heterocycles. The molecule has 5 rings (SSSR count). The quantitative estimate of drug-likeness (QED) is 0.442. The van der Waals surface area contributed by atoms with Gasteiger partial charge in [-0.25, -0.2) is 4.98 Å². The van der Waals surface area contributed by atoms with E-state index < -0.39 is 0 Å². The number of aromatic nitrogens is 2. The van der Waals surface area contributed by atoms with Crippen molar-refractivity contribution in [2.45, 2.75) is 20.3 Å². The summed E-state index contributed by atoms with van der Waals surface area (Å²) in [7, 11) is 2.07. The third kappa shape index (κ3) is 5.08. The first-order valence-electron chi connectivity index (χ1n) is 12.3. The number of anilines is 2. The fourth-order valence-electron chi connectivity index (χ4n) is 4.82. The first-order valence-corrected chi connectivity index (χ1v) is 12.3. The van der Waals surface area contributed by atoms with E-state index in [1.54, 1.807) is 0 Å². The lowest BCUT2D eigenvalue weighted by Gasteiger charge is -2.36. The average Bonchev–Trinajstić information content (AvgIpc) is 3.18. The van der Waals surface area contributed by atoms with Gasteiger partial charge in [0.15, 0.2) is 0 Å². The number of hydrogen-bond acceptors (Lipinski definition) is 4. The van der Waals surface area contributed by atoms with Gasteiger partial charge in [0, 0.05) is 63.1 Å². The highest BCUT2D eigenvalue weighted by Crippen LogP contribution is 2.22. The van der Waals surface area contributed by atoms with Crippen molar-refractivity contribution in [3.05, 3.63) is 89.2 Å². The van der Waals surface area contributed by atoms with Crippen LogP contribution in [0.3, 0.4) is 0 Å². The molecule has 4 aromatic rings. The number of amides is 1. The number of aryl methyl sites for hydroxylation is 3. The molecule has 0 aliphatic carbocycles. The van der Waals surface area contributed by atoms with E-state index in [1.807, 2.05) is 49.4 Å². The van der Waals surface area contributed by atoms with Crippen LogP contribution in [0.15, 0.2) is 66.7 Å². The van der Waals surface area contributed by atoms with Gasteiger partial charge >= 0.3 is 0 Å². The van der Waals surface area contributed by atoms with Crippen molar-refractivity contribution in [2.75, 3.05) is 42.9 Å². The summed E-state index contributed by atoms with van der Waals surface area (Å²) >= 11 is 0. The molecule has 1 amide bonds. The summed E-state index contributed by atoms with van der Waals surface area (Å²) in [6, 6.07) is 22.4. The molecular weight excluding hydrogens is 434 g/mol. The third-order valence-electron chi connectivity index (χ3n) is 7.04. The number of imidazole rings is 1. The third-order valence-corrected chi connectivity index (χ3v) is 7.04. The van der Waals surface area contributed by atoms with Gasteiger partial charge in [-0.3, -0.25) is 9.69 Å². The first-order chi connectivity index (χ1) is 17.0. The molecule has 6 nitrogen and oxygen atoms in total. The van der Waals surface area contributed by atoms with E-state index in [2.05, 4.69) is 57.9 Å². The monoisotopic (exact) mass is 467 g/mol. The Kier molecular flexibility index (Phi) is 6.55. The number of rotatable bonds is 6. The van der Waals surface area contributed by atoms with Gasteiger partial charge in [0.25, 0.3) is 5.91 Å². The number of nitrogens with one attached hydrogen (secondary N) is 1. The molecule has 0 radical (unpaired) electrons. The fourth-order valence-corrected chi connectivity index (χ4v) is 4.82. The van der Waals surface area contributed by atoms with Gasteiger partial charge in [-0.2, -0.15) is 0 Å². The Morgan fingerprint density at radius 1 is 0.943 bits per heavy atom. The highest BCUT2D eigenvalue weighted by atomic mass is 16.1. The summed E-state index contributed by atoms with van der Waals surface area (Å²) in [5.41, 5.74) is 7.03. The van der Waals surface area contributed by atoms with Gasteiger partial charge in [0.2, 0.25) is 0 Å². The second-order valence-corrected chi connectivity index (χ2v) is 9.47. The predicted molar refractivity (Wildman–Crippen MR) is 143 cm³/mol. The molecule has 1 N–H and O–H groups in total. The molecule has 1 aliphatic heterocycles. The van der Waals surface area contributed by atoms with E-state index >= 15 is 0 Å². The SMILES string of the molecule is Cc1ccc(N2CCN(CCc3nc4cc(NC(=O)c5ccccc5C)ccc4n3C)CC2)cc1. The minimum atomic E-state index is -0.0941. The highest BCUT2D eigenvalue weighted by Gasteiger charge is 2.18. The molecule has 0 saturated carbocycles. The minimum Gasteiger partial charge on any atom is -0.369 e. The number of fused-ring (bicyclic) bond motifs is 1. The second-order valence-electron chi connectivity index (χ2n) is 9.47. The van der Waals surface area contributed by atoms with Gasteiger partial charge < -0.3 is 14.8 Å². The van der Waals surface area contributed by atoms with E-state index in [9.17, 15) is 4.79 Å². The van der Waals surface area contributed by atoms with Crippen molar-refractivity contribution >= 4 is 28.3 Å². The number of nitrogens with zero attached hydrogens (tertiary/aromatic N) is 4. The highest BCUT2D eigenvalue weighted by molar-refractivity contribution is 6.05. The average molecular weight is 468 g/mol. The molecule has 3 aromatic carbocycles. The zero-order valence-electron chi connectivity index (χ0n) is 20.8. The van der Waals surface area contributed by atoms with Crippen LogP contribution >= 0.6 is 0 Å². The van der Waals surface area contributed by atoms with Crippen LogP contribution in [0.1, 0.15) is 27.3 Å². The van der Waals surface area contributed by atoms with Crippen LogP contribution in [0.5, 0.6) is 0 Å². The molecule has 1 fully saturated rings. The molecule has 6 heteroatoms. The summed E-state index contributed by atoms with van der Waals surface area (Å²) in [5, 5.41) is 3.02. The Morgan fingerprint density at radius 3 is 2.43 bits per heavy atom. The van der Waals surface area contributed by atoms with Crippen molar-refractivity contribution in [2.24, 2.45) is 7.05 Å². The van der Waals surface area contributed by atoms with Crippen LogP contribution in [-0.2, 0) is 13.5 Å². The van der Waals surface area contributed by atoms with E-state index in [0.717, 1.165) is 67.3 Å². The zero-order valence-corrected chi connectivity index (χ0v) is 20.8. The van der Waals surface area contributed by atoms with E-state index in [4.69, 9.17) is 4.98 Å². The smallest absolute Gasteiger partial charge is 0.255 e. The molecule has 1 saturated heterocycles. The van der Waals surface area contributed by atoms with E-state index in [0.29, 0.717) is 5.56 Å². The summed E-state index contributed by atoms with van der Waals surface area (Å²) in [4.78, 5) is 22.6. The Balaban J connectivity index is 1.20. The fraction of sp³-hybridized carbons (Fsp3) is 0.310. The Morgan fingerprint density at radius 2 is 1.69 bits per heavy atom. The molecule has 0 spiro atoms. The van der Waals surface area contributed by atoms with E-state index in [1.165, 1.54) is 11.3 Å². The van der Waals surface area contributed by atoms with Crippen molar-refractivity contribution in [3.8, 4) is 0 Å². The molecule has 0 bridgehead atoms. The van der Waals surface area contributed by atoms with Crippen molar-refractivity contribution < 1.29 is 4.79 Å². The normalized spacial score (nSPS) is 14.4.